The highest BCUT2D eigenvalue weighted by molar-refractivity contribution is 5.90. The fraction of sp³-hybridized carbons (Fsp3) is 0.100. The number of nitrogens with two attached hydrogens (primary N) is 2. The van der Waals surface area contributed by atoms with E-state index in [0.717, 1.165) is 16.8 Å². The highest BCUT2D eigenvalue weighted by Crippen LogP contribution is 2.13. The predicted octanol–water partition coefficient (Wildman–Crippen LogP) is 1.08. The summed E-state index contributed by atoms with van der Waals surface area (Å²) in [4.78, 5) is 10.4. The molecule has 68 valence electrons. The zero-order valence-electron chi connectivity index (χ0n) is 7.45. The van der Waals surface area contributed by atoms with E-state index >= 15 is 0 Å². The van der Waals surface area contributed by atoms with Gasteiger partial charge in [0.15, 0.2) is 0 Å². The van der Waals surface area contributed by atoms with Crippen LogP contribution in [-0.2, 0) is 4.79 Å². The van der Waals surface area contributed by atoms with Gasteiger partial charge in [0.2, 0.25) is 5.91 Å². The molecule has 0 aliphatic heterocycles. The van der Waals surface area contributed by atoms with Crippen LogP contribution in [-0.4, -0.2) is 5.91 Å². The smallest absolute Gasteiger partial charge is 0.241 e. The molecule has 13 heavy (non-hydrogen) atoms. The van der Waals surface area contributed by atoms with Gasteiger partial charge in [-0.15, -0.1) is 0 Å². The monoisotopic (exact) mass is 176 g/mol. The van der Waals surface area contributed by atoms with Crippen molar-refractivity contribution in [1.29, 1.82) is 0 Å². The molecule has 4 N–H and O–H groups in total. The lowest BCUT2D eigenvalue weighted by Crippen LogP contribution is -2.05. The van der Waals surface area contributed by atoms with Crippen molar-refractivity contribution in [2.45, 2.75) is 6.92 Å². The van der Waals surface area contributed by atoms with Gasteiger partial charge in [0.05, 0.1) is 0 Å². The van der Waals surface area contributed by atoms with Crippen LogP contribution >= 0.6 is 0 Å². The quantitative estimate of drug-likeness (QED) is 0.523. The number of hydrogen-bond donors (Lipinski definition) is 2. The maximum Gasteiger partial charge on any atom is 0.241 e. The number of primary amides is 1. The molecule has 0 spiro atoms. The molecule has 0 radical (unpaired) electrons. The van der Waals surface area contributed by atoms with E-state index in [1.54, 1.807) is 12.1 Å². The van der Waals surface area contributed by atoms with Gasteiger partial charge in [0, 0.05) is 11.8 Å². The maximum absolute atomic E-state index is 10.4. The van der Waals surface area contributed by atoms with Crippen LogP contribution in [0.5, 0.6) is 0 Å². The van der Waals surface area contributed by atoms with Crippen molar-refractivity contribution < 1.29 is 4.79 Å². The van der Waals surface area contributed by atoms with Gasteiger partial charge in [-0.05, 0) is 36.3 Å². The fourth-order valence-electron chi connectivity index (χ4n) is 0.981. The first-order chi connectivity index (χ1) is 6.09. The van der Waals surface area contributed by atoms with E-state index in [4.69, 9.17) is 11.5 Å². The minimum Gasteiger partial charge on any atom is -0.399 e. The lowest BCUT2D eigenvalue weighted by Gasteiger charge is -1.99. The van der Waals surface area contributed by atoms with Crippen molar-refractivity contribution in [1.82, 2.24) is 0 Å². The van der Waals surface area contributed by atoms with Gasteiger partial charge in [0.25, 0.3) is 0 Å². The average molecular weight is 176 g/mol. The SMILES string of the molecule is Cc1cc(C=CC(N)=O)ccc1N. The maximum atomic E-state index is 10.4. The Kier molecular flexibility index (Phi) is 2.69. The number of carbonyl (C=O) groups is 1. The number of carbonyl (C=O) groups excluding carboxylic acids is 1. The Morgan fingerprint density at radius 3 is 2.69 bits per heavy atom. The van der Waals surface area contributed by atoms with Crippen LogP contribution in [0.15, 0.2) is 24.3 Å². The van der Waals surface area contributed by atoms with Gasteiger partial charge >= 0.3 is 0 Å². The second-order valence-electron chi connectivity index (χ2n) is 2.85. The molecule has 1 amide bonds. The Hall–Kier alpha value is -1.77. The van der Waals surface area contributed by atoms with E-state index in [-0.39, 0.29) is 0 Å². The van der Waals surface area contributed by atoms with E-state index in [2.05, 4.69) is 0 Å². The molecule has 0 aliphatic rings. The number of anilines is 1. The highest BCUT2D eigenvalue weighted by Gasteiger charge is 1.93. The van der Waals surface area contributed by atoms with Crippen LogP contribution < -0.4 is 11.5 Å². The second-order valence-corrected chi connectivity index (χ2v) is 2.85. The molecule has 0 fully saturated rings. The number of amides is 1. The Bertz CT molecular complexity index is 356. The molecular weight excluding hydrogens is 164 g/mol. The summed E-state index contributed by atoms with van der Waals surface area (Å²) >= 11 is 0. The van der Waals surface area contributed by atoms with E-state index < -0.39 is 5.91 Å². The largest absolute Gasteiger partial charge is 0.399 e. The van der Waals surface area contributed by atoms with Crippen LogP contribution in [0.1, 0.15) is 11.1 Å². The summed E-state index contributed by atoms with van der Waals surface area (Å²) in [5.74, 6) is -0.450. The highest BCUT2D eigenvalue weighted by atomic mass is 16.1. The molecular formula is C10H12N2O. The lowest BCUT2D eigenvalue weighted by molar-refractivity contribution is -0.113. The molecule has 0 saturated heterocycles. The topological polar surface area (TPSA) is 69.1 Å². The molecule has 0 aromatic heterocycles. The van der Waals surface area contributed by atoms with Crippen LogP contribution in [0.2, 0.25) is 0 Å². The molecule has 1 aromatic rings. The van der Waals surface area contributed by atoms with Gasteiger partial charge in [-0.25, -0.2) is 0 Å². The summed E-state index contributed by atoms with van der Waals surface area (Å²) in [7, 11) is 0. The van der Waals surface area contributed by atoms with Crippen molar-refractivity contribution >= 4 is 17.7 Å². The molecule has 0 heterocycles. The summed E-state index contributed by atoms with van der Waals surface area (Å²) in [6.45, 7) is 1.91. The first-order valence-corrected chi connectivity index (χ1v) is 3.93. The zero-order chi connectivity index (χ0) is 9.84. The summed E-state index contributed by atoms with van der Waals surface area (Å²) < 4.78 is 0. The van der Waals surface area contributed by atoms with E-state index in [1.165, 1.54) is 6.08 Å². The minimum absolute atomic E-state index is 0.450. The van der Waals surface area contributed by atoms with Crippen LogP contribution in [0, 0.1) is 6.92 Å². The molecule has 0 aliphatic carbocycles. The fourth-order valence-corrected chi connectivity index (χ4v) is 0.981. The molecule has 3 heteroatoms. The molecule has 0 bridgehead atoms. The van der Waals surface area contributed by atoms with E-state index in [1.807, 2.05) is 19.1 Å². The third kappa shape index (κ3) is 2.63. The first kappa shape index (κ1) is 9.32. The number of benzene rings is 1. The van der Waals surface area contributed by atoms with Crippen molar-refractivity contribution in [3.8, 4) is 0 Å². The van der Waals surface area contributed by atoms with Gasteiger partial charge in [-0.1, -0.05) is 6.07 Å². The lowest BCUT2D eigenvalue weighted by atomic mass is 10.1. The average Bonchev–Trinajstić information content (AvgIpc) is 2.07. The third-order valence-corrected chi connectivity index (χ3v) is 1.73. The Balaban J connectivity index is 2.92. The van der Waals surface area contributed by atoms with Crippen LogP contribution in [0.3, 0.4) is 0 Å². The third-order valence-electron chi connectivity index (χ3n) is 1.73. The summed E-state index contributed by atoms with van der Waals surface area (Å²) in [6, 6.07) is 5.53. The molecule has 0 saturated carbocycles. The molecule has 0 unspecified atom stereocenters. The van der Waals surface area contributed by atoms with Crippen molar-refractivity contribution in [3.63, 3.8) is 0 Å². The van der Waals surface area contributed by atoms with E-state index in [9.17, 15) is 4.79 Å². The Morgan fingerprint density at radius 1 is 1.46 bits per heavy atom. The van der Waals surface area contributed by atoms with E-state index in [0.29, 0.717) is 0 Å². The molecule has 1 aromatic carbocycles. The molecule has 3 nitrogen and oxygen atoms in total. The number of rotatable bonds is 2. The Morgan fingerprint density at radius 2 is 2.15 bits per heavy atom. The van der Waals surface area contributed by atoms with Gasteiger partial charge in [0.1, 0.15) is 0 Å². The standard InChI is InChI=1S/C10H12N2O/c1-7-6-8(2-4-9(7)11)3-5-10(12)13/h2-6H,11H2,1H3,(H2,12,13). The normalized spacial score (nSPS) is 10.5. The zero-order valence-corrected chi connectivity index (χ0v) is 7.45. The summed E-state index contributed by atoms with van der Waals surface area (Å²) in [5.41, 5.74) is 13.2. The van der Waals surface area contributed by atoms with Crippen molar-refractivity contribution in [2.24, 2.45) is 5.73 Å². The number of nitrogen functional groups attached to an aromatic ring is 1. The summed E-state index contributed by atoms with van der Waals surface area (Å²) in [5, 5.41) is 0. The van der Waals surface area contributed by atoms with Crippen LogP contribution in [0.4, 0.5) is 5.69 Å². The van der Waals surface area contributed by atoms with Crippen molar-refractivity contribution in [3.05, 3.63) is 35.4 Å². The number of aryl methyl sites for hydroxylation is 1. The molecule has 0 atom stereocenters. The Labute approximate surface area is 77.0 Å². The van der Waals surface area contributed by atoms with Crippen LogP contribution in [0.25, 0.3) is 6.08 Å². The molecule has 1 rings (SSSR count). The van der Waals surface area contributed by atoms with Gasteiger partial charge in [-0.3, -0.25) is 4.79 Å². The predicted molar refractivity (Wildman–Crippen MR) is 53.8 cm³/mol. The minimum atomic E-state index is -0.450. The van der Waals surface area contributed by atoms with Gasteiger partial charge in [-0.2, -0.15) is 0 Å². The second kappa shape index (κ2) is 3.76. The number of hydrogen-bond acceptors (Lipinski definition) is 2. The van der Waals surface area contributed by atoms with Gasteiger partial charge < -0.3 is 11.5 Å². The summed E-state index contributed by atoms with van der Waals surface area (Å²) in [6.07, 6.45) is 2.99. The first-order valence-electron chi connectivity index (χ1n) is 3.93. The van der Waals surface area contributed by atoms with Crippen molar-refractivity contribution in [2.75, 3.05) is 5.73 Å².